The molecule has 0 heterocycles. The number of hydrogen-bond acceptors (Lipinski definition) is 5. The van der Waals surface area contributed by atoms with Crippen LogP contribution in [0.5, 0.6) is 11.5 Å². The van der Waals surface area contributed by atoms with E-state index in [1.54, 1.807) is 67.6 Å². The van der Waals surface area contributed by atoms with Gasteiger partial charge >= 0.3 is 12.2 Å². The molecule has 0 N–H and O–H groups in total. The Morgan fingerprint density at radius 3 is 1.89 bits per heavy atom. The van der Waals surface area contributed by atoms with Crippen molar-refractivity contribution >= 4 is 20.3 Å². The van der Waals surface area contributed by atoms with Crippen molar-refractivity contribution < 1.29 is 23.9 Å². The number of hydrogen-bond donors (Lipinski definition) is 0. The van der Waals surface area contributed by atoms with E-state index in [2.05, 4.69) is 31.1 Å². The fourth-order valence-corrected chi connectivity index (χ4v) is 2.61. The molecule has 28 heavy (non-hydrogen) atoms. The number of carbonyl (C=O) groups excluding carboxylic acids is 2. The van der Waals surface area contributed by atoms with Gasteiger partial charge in [-0.1, -0.05) is 62.0 Å². The summed E-state index contributed by atoms with van der Waals surface area (Å²) in [7, 11) is -1.69. The van der Waals surface area contributed by atoms with Crippen molar-refractivity contribution in [2.24, 2.45) is 0 Å². The predicted octanol–water partition coefficient (Wildman–Crippen LogP) is 4.89. The summed E-state index contributed by atoms with van der Waals surface area (Å²) in [6.07, 6.45) is -1.92. The van der Waals surface area contributed by atoms with E-state index in [9.17, 15) is 9.59 Å². The zero-order valence-electron chi connectivity index (χ0n) is 16.3. The SMILES string of the molecule is C[C@H](C#C[Si](C)(C)C)N(OC(=O)Oc1ccccc1)C(=O)Oc1ccccc1. The molecule has 0 saturated carbocycles. The third kappa shape index (κ3) is 7.17. The van der Waals surface area contributed by atoms with E-state index in [1.807, 2.05) is 0 Å². The van der Waals surface area contributed by atoms with E-state index in [4.69, 9.17) is 14.3 Å². The minimum atomic E-state index is -1.69. The second-order valence-electron chi connectivity index (χ2n) is 6.96. The van der Waals surface area contributed by atoms with Crippen LogP contribution in [0, 0.1) is 11.5 Å². The average molecular weight is 398 g/mol. The number of benzene rings is 2. The standard InChI is InChI=1S/C21H23NO5Si/c1-17(15-16-28(2,3)4)22(20(23)25-18-11-7-5-8-12-18)27-21(24)26-19-13-9-6-10-14-19/h5-14,17H,1-4H3/t17-/m1/s1. The number of carbonyl (C=O) groups is 2. The van der Waals surface area contributed by atoms with Crippen LogP contribution < -0.4 is 9.47 Å². The van der Waals surface area contributed by atoms with Gasteiger partial charge in [-0.3, -0.25) is 4.84 Å². The second kappa shape index (κ2) is 9.62. The number of amides is 1. The van der Waals surface area contributed by atoms with Crippen molar-refractivity contribution in [1.82, 2.24) is 5.06 Å². The third-order valence-corrected chi connectivity index (χ3v) is 4.15. The molecule has 146 valence electrons. The Bertz CT molecular complexity index is 853. The lowest BCUT2D eigenvalue weighted by atomic mass is 10.3. The van der Waals surface area contributed by atoms with E-state index >= 15 is 0 Å². The lowest BCUT2D eigenvalue weighted by Crippen LogP contribution is -2.42. The van der Waals surface area contributed by atoms with Crippen LogP contribution in [-0.4, -0.2) is 31.4 Å². The molecule has 0 spiro atoms. The Labute approximate surface area is 166 Å². The first-order valence-corrected chi connectivity index (χ1v) is 12.3. The van der Waals surface area contributed by atoms with Gasteiger partial charge in [-0.2, -0.15) is 0 Å². The topological polar surface area (TPSA) is 65.1 Å². The molecule has 0 fully saturated rings. The molecule has 0 saturated heterocycles. The highest BCUT2D eigenvalue weighted by atomic mass is 28.3. The lowest BCUT2D eigenvalue weighted by molar-refractivity contribution is -0.100. The van der Waals surface area contributed by atoms with Gasteiger partial charge in [0.05, 0.1) is 0 Å². The van der Waals surface area contributed by atoms with Gasteiger partial charge in [0.25, 0.3) is 0 Å². The minimum absolute atomic E-state index is 0.296. The van der Waals surface area contributed by atoms with E-state index in [-0.39, 0.29) is 0 Å². The number of ether oxygens (including phenoxy) is 2. The Morgan fingerprint density at radius 2 is 1.39 bits per heavy atom. The maximum absolute atomic E-state index is 12.6. The Morgan fingerprint density at radius 1 is 0.893 bits per heavy atom. The van der Waals surface area contributed by atoms with Gasteiger partial charge in [-0.05, 0) is 31.2 Å². The fourth-order valence-electron chi connectivity index (χ4n) is 1.97. The van der Waals surface area contributed by atoms with Gasteiger partial charge in [0.1, 0.15) is 25.6 Å². The Hall–Kier alpha value is -3.24. The predicted molar refractivity (Wildman–Crippen MR) is 108 cm³/mol. The molecule has 6 nitrogen and oxygen atoms in total. The maximum Gasteiger partial charge on any atom is 0.539 e. The minimum Gasteiger partial charge on any atom is -0.408 e. The molecule has 7 heteroatoms. The highest BCUT2D eigenvalue weighted by Crippen LogP contribution is 2.14. The van der Waals surface area contributed by atoms with Crippen molar-refractivity contribution in [3.63, 3.8) is 0 Å². The largest absolute Gasteiger partial charge is 0.539 e. The molecular formula is C21H23NO5Si. The second-order valence-corrected chi connectivity index (χ2v) is 11.7. The summed E-state index contributed by atoms with van der Waals surface area (Å²) < 4.78 is 10.4. The van der Waals surface area contributed by atoms with Crippen molar-refractivity contribution in [3.8, 4) is 23.0 Å². The normalized spacial score (nSPS) is 11.4. The summed E-state index contributed by atoms with van der Waals surface area (Å²) in [5, 5.41) is 0.783. The molecule has 0 aliphatic rings. The van der Waals surface area contributed by atoms with Crippen LogP contribution in [0.2, 0.25) is 19.6 Å². The van der Waals surface area contributed by atoms with E-state index < -0.39 is 26.4 Å². The molecule has 1 amide bonds. The van der Waals surface area contributed by atoms with E-state index in [0.29, 0.717) is 11.5 Å². The third-order valence-electron chi connectivity index (χ3n) is 3.25. The summed E-state index contributed by atoms with van der Waals surface area (Å²) in [4.78, 5) is 29.9. The Kier molecular flexibility index (Phi) is 7.24. The average Bonchev–Trinajstić information content (AvgIpc) is 2.65. The molecular weight excluding hydrogens is 374 g/mol. The smallest absolute Gasteiger partial charge is 0.408 e. The van der Waals surface area contributed by atoms with Crippen molar-refractivity contribution in [2.45, 2.75) is 32.6 Å². The van der Waals surface area contributed by atoms with Crippen LogP contribution in [0.25, 0.3) is 0 Å². The van der Waals surface area contributed by atoms with Gasteiger partial charge in [0.15, 0.2) is 0 Å². The van der Waals surface area contributed by atoms with E-state index in [0.717, 1.165) is 5.06 Å². The zero-order valence-corrected chi connectivity index (χ0v) is 17.3. The lowest BCUT2D eigenvalue weighted by Gasteiger charge is -2.23. The summed E-state index contributed by atoms with van der Waals surface area (Å²) in [5.74, 6) is 3.58. The zero-order chi connectivity index (χ0) is 20.6. The van der Waals surface area contributed by atoms with Crippen molar-refractivity contribution in [3.05, 3.63) is 60.7 Å². The fraction of sp³-hybridized carbons (Fsp3) is 0.238. The van der Waals surface area contributed by atoms with Gasteiger partial charge in [0, 0.05) is 0 Å². The molecule has 1 atom stereocenters. The molecule has 0 aliphatic heterocycles. The highest BCUT2D eigenvalue weighted by Gasteiger charge is 2.27. The van der Waals surface area contributed by atoms with Crippen LogP contribution in [0.15, 0.2) is 60.7 Å². The molecule has 0 bridgehead atoms. The summed E-state index contributed by atoms with van der Waals surface area (Å²) in [6.45, 7) is 7.87. The first-order valence-electron chi connectivity index (χ1n) is 8.78. The van der Waals surface area contributed by atoms with Crippen LogP contribution >= 0.6 is 0 Å². The number of para-hydroxylation sites is 2. The van der Waals surface area contributed by atoms with Crippen LogP contribution in [0.4, 0.5) is 9.59 Å². The number of nitrogens with zero attached hydrogens (tertiary/aromatic N) is 1. The molecule has 2 rings (SSSR count). The van der Waals surface area contributed by atoms with Gasteiger partial charge in [-0.15, -0.1) is 10.6 Å². The highest BCUT2D eigenvalue weighted by molar-refractivity contribution is 6.83. The van der Waals surface area contributed by atoms with Crippen molar-refractivity contribution in [2.75, 3.05) is 0 Å². The molecule has 0 radical (unpaired) electrons. The summed E-state index contributed by atoms with van der Waals surface area (Å²) in [6, 6.07) is 16.2. The molecule has 2 aromatic carbocycles. The summed E-state index contributed by atoms with van der Waals surface area (Å²) in [5.41, 5.74) is 3.15. The van der Waals surface area contributed by atoms with Crippen molar-refractivity contribution in [1.29, 1.82) is 0 Å². The van der Waals surface area contributed by atoms with Crippen LogP contribution in [-0.2, 0) is 4.84 Å². The molecule has 0 aliphatic carbocycles. The molecule has 0 unspecified atom stereocenters. The molecule has 2 aromatic rings. The van der Waals surface area contributed by atoms with Gasteiger partial charge in [-0.25, -0.2) is 9.59 Å². The monoisotopic (exact) mass is 397 g/mol. The first-order chi connectivity index (χ1) is 13.2. The quantitative estimate of drug-likeness (QED) is 0.243. The van der Waals surface area contributed by atoms with E-state index in [1.165, 1.54) is 0 Å². The number of rotatable bonds is 3. The maximum atomic E-state index is 12.6. The molecule has 0 aromatic heterocycles. The first kappa shape index (κ1) is 21.1. The van der Waals surface area contributed by atoms with Crippen LogP contribution in [0.1, 0.15) is 6.92 Å². The van der Waals surface area contributed by atoms with Gasteiger partial charge in [0.2, 0.25) is 0 Å². The van der Waals surface area contributed by atoms with Gasteiger partial charge < -0.3 is 9.47 Å². The number of hydroxylamine groups is 2. The Balaban J connectivity index is 2.15. The van der Waals surface area contributed by atoms with Crippen LogP contribution in [0.3, 0.4) is 0 Å². The summed E-state index contributed by atoms with van der Waals surface area (Å²) >= 11 is 0.